The third kappa shape index (κ3) is 7.52. The topological polar surface area (TPSA) is 328 Å². The number of aromatic hydroxyl groups is 2. The van der Waals surface area contributed by atoms with Crippen LogP contribution in [0.3, 0.4) is 0 Å². The Labute approximate surface area is 298 Å². The van der Waals surface area contributed by atoms with Gasteiger partial charge in [-0.05, 0) is 31.2 Å². The van der Waals surface area contributed by atoms with E-state index in [0.717, 1.165) is 12.1 Å². The minimum Gasteiger partial charge on any atom is -0.508 e. The van der Waals surface area contributed by atoms with Crippen LogP contribution in [0.4, 0.5) is 0 Å². The van der Waals surface area contributed by atoms with Crippen molar-refractivity contribution >= 4 is 11.0 Å². The Hall–Kier alpha value is -3.71. The number of fused-ring (bicyclic) bond motifs is 1. The van der Waals surface area contributed by atoms with E-state index in [0.29, 0.717) is 0 Å². The molecule has 0 spiro atoms. The van der Waals surface area contributed by atoms with Gasteiger partial charge in [-0.1, -0.05) is 0 Å². The van der Waals surface area contributed by atoms with Crippen molar-refractivity contribution in [1.82, 2.24) is 0 Å². The quantitative estimate of drug-likeness (QED) is 0.0992. The lowest BCUT2D eigenvalue weighted by atomic mass is 9.98. The molecule has 3 aliphatic rings. The molecule has 53 heavy (non-hydrogen) atoms. The number of hydrogen-bond acceptors (Lipinski definition) is 20. The molecule has 3 saturated heterocycles. The van der Waals surface area contributed by atoms with E-state index in [9.17, 15) is 66.1 Å². The number of ether oxygens (including phenoxy) is 6. The molecule has 3 aromatic rings. The molecule has 12 N–H and O–H groups in total. The van der Waals surface area contributed by atoms with Crippen molar-refractivity contribution in [3.8, 4) is 34.3 Å². The Morgan fingerprint density at radius 3 is 1.87 bits per heavy atom. The van der Waals surface area contributed by atoms with Gasteiger partial charge >= 0.3 is 0 Å². The summed E-state index contributed by atoms with van der Waals surface area (Å²) in [6.45, 7) is 0.101. The average molecular weight is 757 g/mol. The molecule has 15 atom stereocenters. The zero-order chi connectivity index (χ0) is 38.5. The second-order valence-corrected chi connectivity index (χ2v) is 12.9. The maximum Gasteiger partial charge on any atom is 0.239 e. The van der Waals surface area contributed by atoms with Crippen molar-refractivity contribution in [2.75, 3.05) is 13.2 Å². The average Bonchev–Trinajstić information content (AvgIpc) is 3.13. The molecule has 4 heterocycles. The molecular weight excluding hydrogens is 716 g/mol. The molecular formula is C33H40O20. The predicted molar refractivity (Wildman–Crippen MR) is 171 cm³/mol. The Kier molecular flexibility index (Phi) is 11.5. The molecule has 0 saturated carbocycles. The number of phenols is 2. The van der Waals surface area contributed by atoms with Gasteiger partial charge in [0.2, 0.25) is 23.8 Å². The molecule has 292 valence electrons. The second-order valence-electron chi connectivity index (χ2n) is 12.9. The second kappa shape index (κ2) is 15.6. The molecule has 3 aliphatic heterocycles. The van der Waals surface area contributed by atoms with E-state index in [-0.39, 0.29) is 22.7 Å². The Morgan fingerprint density at radius 1 is 0.660 bits per heavy atom. The minimum absolute atomic E-state index is 0.0356. The highest BCUT2D eigenvalue weighted by Gasteiger charge is 2.48. The van der Waals surface area contributed by atoms with Crippen LogP contribution in [0.15, 0.2) is 45.6 Å². The van der Waals surface area contributed by atoms with Gasteiger partial charge in [-0.25, -0.2) is 0 Å². The lowest BCUT2D eigenvalue weighted by molar-refractivity contribution is -0.318. The normalized spacial score (nSPS) is 37.8. The van der Waals surface area contributed by atoms with E-state index in [2.05, 4.69) is 0 Å². The lowest BCUT2D eigenvalue weighted by Crippen LogP contribution is -2.61. The van der Waals surface area contributed by atoms with E-state index in [1.165, 1.54) is 31.2 Å². The summed E-state index contributed by atoms with van der Waals surface area (Å²) in [6.07, 6.45) is -24.2. The molecule has 20 heteroatoms. The van der Waals surface area contributed by atoms with E-state index in [1.807, 2.05) is 0 Å². The van der Waals surface area contributed by atoms with Gasteiger partial charge in [-0.2, -0.15) is 0 Å². The van der Waals surface area contributed by atoms with Crippen LogP contribution in [0.1, 0.15) is 6.92 Å². The molecule has 0 amide bonds. The third-order valence-electron chi connectivity index (χ3n) is 9.27. The van der Waals surface area contributed by atoms with Crippen molar-refractivity contribution in [3.63, 3.8) is 0 Å². The first kappa shape index (κ1) is 39.0. The first-order valence-electron chi connectivity index (χ1n) is 16.4. The van der Waals surface area contributed by atoms with Crippen LogP contribution in [0.2, 0.25) is 0 Å². The lowest BCUT2D eigenvalue weighted by Gasteiger charge is -2.42. The first-order chi connectivity index (χ1) is 25.1. The standard InChI is InChI=1S/C33H40O20/c1-10-19(37)23(41)26(44)31(48-10)47-9-17-21(39)25(43)28(46)33(52-17)53-30-22(40)18-14(36)6-12(35)7-15(18)50-29(30)11-2-4-13(5-3-11)49-32-27(45)24(42)20(38)16(8-34)51-32/h2-7,10,16-17,19-21,23-28,31-39,41-46H,8-9H2,1H3/t10-,16+,17+,19-,20+,21+,23+,24-,25-,26+,27+,28+,31+,32+,33-/m0/s1. The monoisotopic (exact) mass is 756 g/mol. The van der Waals surface area contributed by atoms with Crippen LogP contribution in [-0.4, -0.2) is 167 Å². The fourth-order valence-corrected chi connectivity index (χ4v) is 6.16. The predicted octanol–water partition coefficient (Wildman–Crippen LogP) is -3.92. The van der Waals surface area contributed by atoms with Crippen LogP contribution in [0, 0.1) is 0 Å². The number of aliphatic hydroxyl groups is 10. The van der Waals surface area contributed by atoms with E-state index in [1.54, 1.807) is 0 Å². The number of hydrogen-bond donors (Lipinski definition) is 12. The molecule has 6 rings (SSSR count). The van der Waals surface area contributed by atoms with Crippen molar-refractivity contribution in [2.45, 2.75) is 99.0 Å². The van der Waals surface area contributed by atoms with E-state index in [4.69, 9.17) is 32.8 Å². The van der Waals surface area contributed by atoms with Gasteiger partial charge in [-0.15, -0.1) is 0 Å². The molecule has 3 fully saturated rings. The highest BCUT2D eigenvalue weighted by Crippen LogP contribution is 2.38. The van der Waals surface area contributed by atoms with Gasteiger partial charge < -0.3 is 94.1 Å². The fraction of sp³-hybridized carbons (Fsp3) is 0.545. The summed E-state index contributed by atoms with van der Waals surface area (Å²) in [4.78, 5) is 13.9. The summed E-state index contributed by atoms with van der Waals surface area (Å²) in [5.41, 5.74) is -1.23. The zero-order valence-electron chi connectivity index (χ0n) is 27.7. The summed E-state index contributed by atoms with van der Waals surface area (Å²) < 4.78 is 39.2. The highest BCUT2D eigenvalue weighted by molar-refractivity contribution is 5.88. The fourth-order valence-electron chi connectivity index (χ4n) is 6.16. The Morgan fingerprint density at radius 2 is 1.23 bits per heavy atom. The van der Waals surface area contributed by atoms with Crippen LogP contribution < -0.4 is 14.9 Å². The molecule has 1 aromatic heterocycles. The van der Waals surface area contributed by atoms with Gasteiger partial charge in [0.15, 0.2) is 12.1 Å². The van der Waals surface area contributed by atoms with E-state index >= 15 is 0 Å². The van der Waals surface area contributed by atoms with Gasteiger partial charge in [0.25, 0.3) is 0 Å². The van der Waals surface area contributed by atoms with Crippen LogP contribution in [0.25, 0.3) is 22.3 Å². The smallest absolute Gasteiger partial charge is 0.239 e. The molecule has 2 aromatic carbocycles. The molecule has 0 bridgehead atoms. The number of rotatable bonds is 9. The molecule has 20 nitrogen and oxygen atoms in total. The maximum absolute atomic E-state index is 13.9. The van der Waals surface area contributed by atoms with Gasteiger partial charge in [0.05, 0.1) is 19.3 Å². The van der Waals surface area contributed by atoms with Gasteiger partial charge in [0.1, 0.15) is 95.4 Å². The van der Waals surface area contributed by atoms with Crippen LogP contribution in [0.5, 0.6) is 23.0 Å². The van der Waals surface area contributed by atoms with Crippen molar-refractivity contribution < 1.29 is 94.1 Å². The first-order valence-corrected chi connectivity index (χ1v) is 16.4. The van der Waals surface area contributed by atoms with Crippen LogP contribution >= 0.6 is 0 Å². The van der Waals surface area contributed by atoms with Gasteiger partial charge in [0, 0.05) is 17.7 Å². The molecule has 0 unspecified atom stereocenters. The largest absolute Gasteiger partial charge is 0.508 e. The molecule has 0 radical (unpaired) electrons. The number of phenolic OH excluding ortho intramolecular Hbond substituents is 2. The summed E-state index contributed by atoms with van der Waals surface area (Å²) in [6, 6.07) is 7.23. The summed E-state index contributed by atoms with van der Waals surface area (Å²) in [5.74, 6) is -2.15. The zero-order valence-corrected chi connectivity index (χ0v) is 27.7. The summed E-state index contributed by atoms with van der Waals surface area (Å²) in [7, 11) is 0. The minimum atomic E-state index is -2.00. The third-order valence-corrected chi connectivity index (χ3v) is 9.27. The Bertz CT molecular complexity index is 1780. The molecule has 0 aliphatic carbocycles. The maximum atomic E-state index is 13.9. The van der Waals surface area contributed by atoms with Crippen molar-refractivity contribution in [3.05, 3.63) is 46.6 Å². The SMILES string of the molecule is C[C@@H]1O[C@@H](OC[C@H]2O[C@@H](Oc3c(-c4ccc(O[C@@H]5O[C@H](CO)[C@@H](O)[C@H](O)[C@H]5O)cc4)oc4cc(O)cc(O)c4c3=O)[C@H](O)[C@@H](O)[C@@H]2O)[C@H](O)[C@H](O)[C@H]1O. The number of benzene rings is 2. The summed E-state index contributed by atoms with van der Waals surface area (Å²) in [5, 5.41) is 123. The van der Waals surface area contributed by atoms with E-state index < -0.39 is 133 Å². The van der Waals surface area contributed by atoms with Crippen molar-refractivity contribution in [2.24, 2.45) is 0 Å². The van der Waals surface area contributed by atoms with Crippen LogP contribution in [-0.2, 0) is 18.9 Å². The number of aliphatic hydroxyl groups excluding tert-OH is 10. The Balaban J connectivity index is 1.28. The van der Waals surface area contributed by atoms with Crippen molar-refractivity contribution in [1.29, 1.82) is 0 Å². The van der Waals surface area contributed by atoms with Gasteiger partial charge in [-0.3, -0.25) is 4.79 Å². The highest BCUT2D eigenvalue weighted by atomic mass is 16.7. The summed E-state index contributed by atoms with van der Waals surface area (Å²) >= 11 is 0.